The van der Waals surface area contributed by atoms with Crippen LogP contribution in [-0.2, 0) is 4.74 Å². The lowest BCUT2D eigenvalue weighted by atomic mass is 9.53. The summed E-state index contributed by atoms with van der Waals surface area (Å²) < 4.78 is 4.75. The van der Waals surface area contributed by atoms with E-state index >= 15 is 0 Å². The van der Waals surface area contributed by atoms with Crippen LogP contribution in [0.1, 0.15) is 49.0 Å². The highest BCUT2D eigenvalue weighted by Crippen LogP contribution is 2.55. The zero-order valence-electron chi connectivity index (χ0n) is 13.7. The van der Waals surface area contributed by atoms with Gasteiger partial charge in [-0.15, -0.1) is 0 Å². The van der Waals surface area contributed by atoms with Crippen molar-refractivity contribution in [2.45, 2.75) is 44.1 Å². The van der Waals surface area contributed by atoms with E-state index in [-0.39, 0.29) is 11.2 Å². The van der Waals surface area contributed by atoms with E-state index in [0.717, 1.165) is 17.8 Å². The summed E-state index contributed by atoms with van der Waals surface area (Å²) in [5.74, 6) is 2.34. The van der Waals surface area contributed by atoms with Gasteiger partial charge in [-0.3, -0.25) is 0 Å². The second-order valence-corrected chi connectivity index (χ2v) is 7.93. The van der Waals surface area contributed by atoms with Crippen molar-refractivity contribution < 1.29 is 9.53 Å². The minimum atomic E-state index is -0.525. The van der Waals surface area contributed by atoms with Crippen LogP contribution in [0.3, 0.4) is 0 Å². The van der Waals surface area contributed by atoms with Crippen LogP contribution in [0.15, 0.2) is 12.4 Å². The van der Waals surface area contributed by atoms with Crippen molar-refractivity contribution in [3.8, 4) is 0 Å². The Labute approximate surface area is 146 Å². The third-order valence-electron chi connectivity index (χ3n) is 5.73. The quantitative estimate of drug-likeness (QED) is 0.643. The highest BCUT2D eigenvalue weighted by atomic mass is 32.1. The number of carbonyl (C=O) groups excluding carboxylic acids is 1. The molecule has 128 valence electrons. The fourth-order valence-electron chi connectivity index (χ4n) is 5.32. The summed E-state index contributed by atoms with van der Waals surface area (Å²) in [4.78, 5) is 20.0. The number of hydrogen-bond donors (Lipinski definition) is 2. The van der Waals surface area contributed by atoms with Crippen molar-refractivity contribution in [1.29, 1.82) is 0 Å². The number of rotatable bonds is 3. The number of aromatic nitrogens is 2. The largest absolute Gasteiger partial charge is 0.464 e. The van der Waals surface area contributed by atoms with E-state index in [2.05, 4.69) is 20.6 Å². The Morgan fingerprint density at radius 3 is 2.33 bits per heavy atom. The van der Waals surface area contributed by atoms with Crippen LogP contribution in [0.4, 0.5) is 5.82 Å². The number of hydrogen-bond acceptors (Lipinski definition) is 5. The van der Waals surface area contributed by atoms with Gasteiger partial charge < -0.3 is 15.4 Å². The molecule has 0 saturated heterocycles. The van der Waals surface area contributed by atoms with E-state index in [1.165, 1.54) is 58.0 Å². The summed E-state index contributed by atoms with van der Waals surface area (Å²) in [5, 5.41) is 7.12. The molecule has 4 aliphatic carbocycles. The number of nitrogens with one attached hydrogen (secondary N) is 2. The number of esters is 1. The van der Waals surface area contributed by atoms with Crippen LogP contribution in [0, 0.1) is 17.8 Å². The van der Waals surface area contributed by atoms with Gasteiger partial charge in [-0.2, -0.15) is 0 Å². The molecule has 24 heavy (non-hydrogen) atoms. The second kappa shape index (κ2) is 5.95. The summed E-state index contributed by atoms with van der Waals surface area (Å²) in [7, 11) is 1.33. The van der Waals surface area contributed by atoms with Gasteiger partial charge in [0.05, 0.1) is 7.11 Å². The molecule has 1 aromatic rings. The van der Waals surface area contributed by atoms with Gasteiger partial charge in [0.2, 0.25) is 0 Å². The summed E-state index contributed by atoms with van der Waals surface area (Å²) >= 11 is 5.51. The fraction of sp³-hybridized carbons (Fsp3) is 0.647. The third kappa shape index (κ3) is 2.85. The first-order valence-corrected chi connectivity index (χ1v) is 8.96. The van der Waals surface area contributed by atoms with Crippen LogP contribution in [0.2, 0.25) is 0 Å². The lowest BCUT2D eigenvalue weighted by Gasteiger charge is -2.57. The van der Waals surface area contributed by atoms with Crippen molar-refractivity contribution in [1.82, 2.24) is 15.3 Å². The molecule has 0 aromatic carbocycles. The van der Waals surface area contributed by atoms with E-state index in [9.17, 15) is 4.79 Å². The Hall–Kier alpha value is -1.76. The predicted octanol–water partition coefficient (Wildman–Crippen LogP) is 2.52. The molecule has 0 aliphatic heterocycles. The topological polar surface area (TPSA) is 76.1 Å². The van der Waals surface area contributed by atoms with Crippen molar-refractivity contribution in [2.24, 2.45) is 17.8 Å². The highest BCUT2D eigenvalue weighted by Gasteiger charge is 2.51. The van der Waals surface area contributed by atoms with E-state index in [1.807, 2.05) is 0 Å². The van der Waals surface area contributed by atoms with Crippen molar-refractivity contribution in [3.63, 3.8) is 0 Å². The fourth-order valence-corrected chi connectivity index (χ4v) is 5.63. The van der Waals surface area contributed by atoms with E-state index < -0.39 is 5.97 Å². The number of carbonyl (C=O) groups is 1. The van der Waals surface area contributed by atoms with Crippen LogP contribution >= 0.6 is 12.2 Å². The summed E-state index contributed by atoms with van der Waals surface area (Å²) in [6, 6.07) is 0. The molecular formula is C17H22N4O2S. The van der Waals surface area contributed by atoms with Gasteiger partial charge in [-0.25, -0.2) is 14.8 Å². The maximum absolute atomic E-state index is 11.8. The number of thiocarbonyl (C=S) groups is 1. The molecule has 4 saturated carbocycles. The van der Waals surface area contributed by atoms with Crippen molar-refractivity contribution in [3.05, 3.63) is 18.1 Å². The third-order valence-corrected chi connectivity index (χ3v) is 5.93. The minimum Gasteiger partial charge on any atom is -0.464 e. The minimum absolute atomic E-state index is 0.118. The second-order valence-electron chi connectivity index (χ2n) is 7.52. The molecule has 0 amide bonds. The lowest BCUT2D eigenvalue weighted by molar-refractivity contribution is -0.00972. The maximum Gasteiger partial charge on any atom is 0.360 e. The SMILES string of the molecule is COC(=O)c1nccnc1NC(=S)NC12CC3CC(CC(C3)C1)C2. The molecule has 2 N–H and O–H groups in total. The Kier molecular flexibility index (Phi) is 3.90. The average Bonchev–Trinajstić information content (AvgIpc) is 2.52. The van der Waals surface area contributed by atoms with Gasteiger partial charge in [0.25, 0.3) is 0 Å². The molecule has 0 atom stereocenters. The first-order chi connectivity index (χ1) is 11.6. The number of methoxy groups -OCH3 is 1. The Morgan fingerprint density at radius 2 is 1.75 bits per heavy atom. The predicted molar refractivity (Wildman–Crippen MR) is 93.6 cm³/mol. The first kappa shape index (κ1) is 15.7. The number of nitrogens with zero attached hydrogens (tertiary/aromatic N) is 2. The van der Waals surface area contributed by atoms with Gasteiger partial charge in [-0.05, 0) is 68.5 Å². The van der Waals surface area contributed by atoms with Gasteiger partial charge >= 0.3 is 5.97 Å². The van der Waals surface area contributed by atoms with E-state index in [1.54, 1.807) is 0 Å². The van der Waals surface area contributed by atoms with Gasteiger partial charge in [0.15, 0.2) is 16.6 Å². The van der Waals surface area contributed by atoms with Crippen molar-refractivity contribution >= 4 is 29.1 Å². The molecule has 1 heterocycles. The standard InChI is InChI=1S/C17H22N4O2S/c1-23-15(22)13-14(19-3-2-18-13)20-16(24)21-17-7-10-4-11(8-17)6-12(5-10)9-17/h2-3,10-12H,4-9H2,1H3,(H2,19,20,21,24). The molecule has 7 heteroatoms. The van der Waals surface area contributed by atoms with E-state index in [4.69, 9.17) is 17.0 Å². The van der Waals surface area contributed by atoms with Gasteiger partial charge in [-0.1, -0.05) is 0 Å². The molecule has 4 bridgehead atoms. The zero-order chi connectivity index (χ0) is 16.7. The van der Waals surface area contributed by atoms with Gasteiger partial charge in [0, 0.05) is 17.9 Å². The molecule has 6 nitrogen and oxygen atoms in total. The normalized spacial score (nSPS) is 33.1. The summed E-state index contributed by atoms with van der Waals surface area (Å²) in [5.41, 5.74) is 0.265. The monoisotopic (exact) mass is 346 g/mol. The molecule has 1 aromatic heterocycles. The average molecular weight is 346 g/mol. The molecule has 4 aliphatic rings. The molecule has 4 fully saturated rings. The maximum atomic E-state index is 11.8. The molecule has 0 spiro atoms. The summed E-state index contributed by atoms with van der Waals surface area (Å²) in [6.45, 7) is 0. The van der Waals surface area contributed by atoms with Crippen LogP contribution in [0.25, 0.3) is 0 Å². The van der Waals surface area contributed by atoms with Crippen LogP contribution < -0.4 is 10.6 Å². The Bertz CT molecular complexity index is 643. The number of ether oxygens (including phenoxy) is 1. The lowest BCUT2D eigenvalue weighted by Crippen LogP contribution is -2.60. The zero-order valence-corrected chi connectivity index (χ0v) is 14.6. The Morgan fingerprint density at radius 1 is 1.17 bits per heavy atom. The molecule has 5 rings (SSSR count). The van der Waals surface area contributed by atoms with Crippen LogP contribution in [0.5, 0.6) is 0 Å². The first-order valence-electron chi connectivity index (χ1n) is 8.55. The summed E-state index contributed by atoms with van der Waals surface area (Å²) in [6.07, 6.45) is 10.8. The molecular weight excluding hydrogens is 324 g/mol. The smallest absolute Gasteiger partial charge is 0.360 e. The molecule has 0 radical (unpaired) electrons. The van der Waals surface area contributed by atoms with Crippen LogP contribution in [-0.4, -0.2) is 33.7 Å². The van der Waals surface area contributed by atoms with Gasteiger partial charge in [0.1, 0.15) is 0 Å². The van der Waals surface area contributed by atoms with Crippen molar-refractivity contribution in [2.75, 3.05) is 12.4 Å². The highest BCUT2D eigenvalue weighted by molar-refractivity contribution is 7.80. The molecule has 0 unspecified atom stereocenters. The van der Waals surface area contributed by atoms with E-state index in [0.29, 0.717) is 10.9 Å². The number of anilines is 1. The Balaban J connectivity index is 1.47.